The van der Waals surface area contributed by atoms with Crippen molar-refractivity contribution in [2.24, 2.45) is 4.99 Å². The zero-order valence-electron chi connectivity index (χ0n) is 18.8. The van der Waals surface area contributed by atoms with Crippen LogP contribution in [-0.2, 0) is 12.8 Å². The molecule has 2 nitrogen and oxygen atoms in total. The monoisotopic (exact) mass is 414 g/mol. The number of fused-ring (bicyclic) bond motifs is 4. The van der Waals surface area contributed by atoms with Gasteiger partial charge >= 0.3 is 0 Å². The van der Waals surface area contributed by atoms with Gasteiger partial charge in [-0.15, -0.1) is 0 Å². The number of hydrogen-bond acceptors (Lipinski definition) is 1. The maximum absolute atomic E-state index is 5.16. The molecule has 32 heavy (non-hydrogen) atoms. The molecule has 0 radical (unpaired) electrons. The van der Waals surface area contributed by atoms with E-state index < -0.39 is 0 Å². The van der Waals surface area contributed by atoms with Crippen LogP contribution < -0.4 is 0 Å². The molecule has 0 unspecified atom stereocenters. The predicted molar refractivity (Wildman–Crippen MR) is 134 cm³/mol. The number of aryl methyl sites for hydroxylation is 5. The molecule has 2 heteroatoms. The molecular formula is C30H26N2. The molecule has 1 aliphatic heterocycles. The fourth-order valence-corrected chi connectivity index (χ4v) is 5.15. The molecule has 6 rings (SSSR count). The van der Waals surface area contributed by atoms with Crippen LogP contribution in [0.3, 0.4) is 0 Å². The third-order valence-electron chi connectivity index (χ3n) is 6.74. The van der Waals surface area contributed by atoms with E-state index in [1.54, 1.807) is 0 Å². The molecule has 0 fully saturated rings. The minimum Gasteiger partial charge on any atom is -0.355 e. The van der Waals surface area contributed by atoms with Gasteiger partial charge in [0.15, 0.2) is 0 Å². The van der Waals surface area contributed by atoms with Crippen LogP contribution in [0.4, 0.5) is 0 Å². The first kappa shape index (κ1) is 19.1. The van der Waals surface area contributed by atoms with Crippen molar-refractivity contribution in [3.05, 3.63) is 117 Å². The average Bonchev–Trinajstić information content (AvgIpc) is 3.35. The standard InChI is InChI=1S/C30H26N2/c1-18-8-12-24(20(3)14-18)30-27-15-19(2)9-13-26(27)28(32-30)17-23-16-22-11-10-21-6-4-5-7-25(21)29(22)31-23/h4-9,12-17,31H,10-11H2,1-3H3. The Bertz CT molecular complexity index is 1450. The first-order chi connectivity index (χ1) is 15.6. The zero-order chi connectivity index (χ0) is 21.8. The highest BCUT2D eigenvalue weighted by molar-refractivity contribution is 6.22. The van der Waals surface area contributed by atoms with Gasteiger partial charge < -0.3 is 4.98 Å². The molecule has 0 amide bonds. The van der Waals surface area contributed by atoms with Gasteiger partial charge in [-0.05, 0) is 68.5 Å². The van der Waals surface area contributed by atoms with E-state index in [1.807, 2.05) is 0 Å². The Morgan fingerprint density at radius 2 is 1.47 bits per heavy atom. The Hall–Kier alpha value is -3.65. The summed E-state index contributed by atoms with van der Waals surface area (Å²) in [6.45, 7) is 6.47. The van der Waals surface area contributed by atoms with Gasteiger partial charge in [0.2, 0.25) is 0 Å². The summed E-state index contributed by atoms with van der Waals surface area (Å²) in [7, 11) is 0. The summed E-state index contributed by atoms with van der Waals surface area (Å²) in [5.41, 5.74) is 16.1. The lowest BCUT2D eigenvalue weighted by atomic mass is 9.90. The maximum atomic E-state index is 5.16. The SMILES string of the molecule is Cc1ccc(C2=NC(=Cc3cc4c([nH]3)-c3ccccc3CC4)c3ccc(C)cc32)c(C)c1. The van der Waals surface area contributed by atoms with E-state index in [1.165, 1.54) is 55.8 Å². The van der Waals surface area contributed by atoms with Crippen molar-refractivity contribution in [2.45, 2.75) is 33.6 Å². The van der Waals surface area contributed by atoms with E-state index in [2.05, 4.69) is 98.6 Å². The summed E-state index contributed by atoms with van der Waals surface area (Å²) in [6.07, 6.45) is 4.40. The summed E-state index contributed by atoms with van der Waals surface area (Å²) in [5.74, 6) is 0. The predicted octanol–water partition coefficient (Wildman–Crippen LogP) is 7.05. The molecule has 156 valence electrons. The Balaban J connectivity index is 1.48. The smallest absolute Gasteiger partial charge is 0.0791 e. The van der Waals surface area contributed by atoms with E-state index in [9.17, 15) is 0 Å². The molecule has 4 aromatic rings. The van der Waals surface area contributed by atoms with Crippen LogP contribution in [0.5, 0.6) is 0 Å². The molecule has 2 aliphatic rings. The van der Waals surface area contributed by atoms with Crippen molar-refractivity contribution in [1.29, 1.82) is 0 Å². The first-order valence-electron chi connectivity index (χ1n) is 11.4. The number of aromatic amines is 1. The molecule has 3 aromatic carbocycles. The molecule has 0 saturated carbocycles. The first-order valence-corrected chi connectivity index (χ1v) is 11.4. The van der Waals surface area contributed by atoms with Gasteiger partial charge in [-0.25, -0.2) is 4.99 Å². The van der Waals surface area contributed by atoms with Crippen molar-refractivity contribution < 1.29 is 0 Å². The summed E-state index contributed by atoms with van der Waals surface area (Å²) in [4.78, 5) is 8.85. The Labute approximate surface area is 189 Å². The second-order valence-electron chi connectivity index (χ2n) is 9.14. The van der Waals surface area contributed by atoms with Crippen LogP contribution in [0.15, 0.2) is 71.7 Å². The largest absolute Gasteiger partial charge is 0.355 e. The van der Waals surface area contributed by atoms with E-state index in [0.717, 1.165) is 29.9 Å². The maximum Gasteiger partial charge on any atom is 0.0791 e. The van der Waals surface area contributed by atoms with E-state index >= 15 is 0 Å². The lowest BCUT2D eigenvalue weighted by Crippen LogP contribution is -2.03. The summed E-state index contributed by atoms with van der Waals surface area (Å²) >= 11 is 0. The highest BCUT2D eigenvalue weighted by Crippen LogP contribution is 2.37. The van der Waals surface area contributed by atoms with Gasteiger partial charge in [0, 0.05) is 33.6 Å². The van der Waals surface area contributed by atoms with Crippen molar-refractivity contribution in [2.75, 3.05) is 0 Å². The molecule has 0 spiro atoms. The molecule has 2 heterocycles. The van der Waals surface area contributed by atoms with Gasteiger partial charge in [0.25, 0.3) is 0 Å². The van der Waals surface area contributed by atoms with Crippen LogP contribution in [0.25, 0.3) is 23.0 Å². The van der Waals surface area contributed by atoms with Gasteiger partial charge in [-0.2, -0.15) is 0 Å². The minimum atomic E-state index is 1.03. The van der Waals surface area contributed by atoms with Crippen LogP contribution >= 0.6 is 0 Å². The highest BCUT2D eigenvalue weighted by atomic mass is 14.8. The normalized spacial score (nSPS) is 15.3. The highest BCUT2D eigenvalue weighted by Gasteiger charge is 2.24. The number of nitrogens with one attached hydrogen (secondary N) is 1. The topological polar surface area (TPSA) is 28.1 Å². The Morgan fingerprint density at radius 1 is 0.719 bits per heavy atom. The third kappa shape index (κ3) is 3.06. The van der Waals surface area contributed by atoms with Gasteiger partial charge in [0.1, 0.15) is 0 Å². The summed E-state index contributed by atoms with van der Waals surface area (Å²) < 4.78 is 0. The van der Waals surface area contributed by atoms with Crippen molar-refractivity contribution in [3.63, 3.8) is 0 Å². The Morgan fingerprint density at radius 3 is 2.31 bits per heavy atom. The number of benzene rings is 3. The van der Waals surface area contributed by atoms with Gasteiger partial charge in [-0.3, -0.25) is 0 Å². The van der Waals surface area contributed by atoms with Gasteiger partial charge in [-0.1, -0.05) is 65.7 Å². The van der Waals surface area contributed by atoms with E-state index in [-0.39, 0.29) is 0 Å². The molecule has 1 aliphatic carbocycles. The molecule has 0 saturated heterocycles. The van der Waals surface area contributed by atoms with Gasteiger partial charge in [0.05, 0.1) is 11.4 Å². The molecule has 1 N–H and O–H groups in total. The quantitative estimate of drug-likeness (QED) is 0.364. The zero-order valence-corrected chi connectivity index (χ0v) is 18.8. The fraction of sp³-hybridized carbons (Fsp3) is 0.167. The van der Waals surface area contributed by atoms with E-state index in [0.29, 0.717) is 0 Å². The lowest BCUT2D eigenvalue weighted by Gasteiger charge is -2.15. The summed E-state index contributed by atoms with van der Waals surface area (Å²) in [6, 6.07) is 24.3. The third-order valence-corrected chi connectivity index (χ3v) is 6.74. The van der Waals surface area contributed by atoms with E-state index in [4.69, 9.17) is 4.99 Å². The second-order valence-corrected chi connectivity index (χ2v) is 9.14. The van der Waals surface area contributed by atoms with Crippen LogP contribution in [-0.4, -0.2) is 10.7 Å². The fourth-order valence-electron chi connectivity index (χ4n) is 5.15. The van der Waals surface area contributed by atoms with Crippen molar-refractivity contribution in [1.82, 2.24) is 4.98 Å². The second kappa shape index (κ2) is 7.20. The molecule has 0 atom stereocenters. The lowest BCUT2D eigenvalue weighted by molar-refractivity contribution is 0.942. The number of rotatable bonds is 2. The number of H-pyrrole nitrogens is 1. The molecule has 0 bridgehead atoms. The minimum absolute atomic E-state index is 1.03. The number of nitrogens with zero attached hydrogens (tertiary/aromatic N) is 1. The van der Waals surface area contributed by atoms with Crippen LogP contribution in [0, 0.1) is 20.8 Å². The average molecular weight is 415 g/mol. The summed E-state index contributed by atoms with van der Waals surface area (Å²) in [5, 5.41) is 0. The van der Waals surface area contributed by atoms with Crippen molar-refractivity contribution in [3.8, 4) is 11.3 Å². The van der Waals surface area contributed by atoms with Crippen LogP contribution in [0.1, 0.15) is 50.2 Å². The number of aliphatic imine (C=N–C) groups is 1. The Kier molecular flexibility index (Phi) is 4.29. The molecular weight excluding hydrogens is 388 g/mol. The number of hydrogen-bond donors (Lipinski definition) is 1. The van der Waals surface area contributed by atoms with Crippen LogP contribution in [0.2, 0.25) is 0 Å². The number of aromatic nitrogens is 1. The molecule has 1 aromatic heterocycles. The van der Waals surface area contributed by atoms with Crippen molar-refractivity contribution >= 4 is 17.5 Å².